The maximum atomic E-state index is 5.85. The maximum Gasteiger partial charge on any atom is 0.0313 e. The fourth-order valence-electron chi connectivity index (χ4n) is 2.60. The molecule has 1 aromatic rings. The molecule has 2 heterocycles. The molecule has 0 aliphatic carbocycles. The molecule has 0 unspecified atom stereocenters. The van der Waals surface area contributed by atoms with Gasteiger partial charge in [0, 0.05) is 57.2 Å². The molecule has 1 saturated heterocycles. The van der Waals surface area contributed by atoms with E-state index in [1.165, 1.54) is 11.1 Å². The molecule has 0 amide bonds. The third-order valence-electron chi connectivity index (χ3n) is 4.07. The van der Waals surface area contributed by atoms with Crippen molar-refractivity contribution in [2.24, 2.45) is 5.73 Å². The van der Waals surface area contributed by atoms with Crippen molar-refractivity contribution in [2.45, 2.75) is 32.9 Å². The second-order valence-corrected chi connectivity index (χ2v) is 6.15. The average Bonchev–Trinajstić information content (AvgIpc) is 2.39. The minimum atomic E-state index is 0.122. The van der Waals surface area contributed by atoms with Crippen molar-refractivity contribution in [1.82, 2.24) is 14.8 Å². The summed E-state index contributed by atoms with van der Waals surface area (Å²) in [6, 6.07) is 2.23. The number of rotatable bonds is 4. The fraction of sp³-hybridized carbons (Fsp3) is 0.667. The summed E-state index contributed by atoms with van der Waals surface area (Å²) in [7, 11) is 0. The summed E-state index contributed by atoms with van der Waals surface area (Å²) in [5, 5.41) is 0. The summed E-state index contributed by atoms with van der Waals surface area (Å²) < 4.78 is 0. The van der Waals surface area contributed by atoms with Gasteiger partial charge in [-0.25, -0.2) is 0 Å². The smallest absolute Gasteiger partial charge is 0.0313 e. The van der Waals surface area contributed by atoms with E-state index in [2.05, 4.69) is 41.6 Å². The van der Waals surface area contributed by atoms with Crippen LogP contribution < -0.4 is 5.73 Å². The summed E-state index contributed by atoms with van der Waals surface area (Å²) in [5.41, 5.74) is 8.52. The number of nitrogens with zero attached hydrogens (tertiary/aromatic N) is 3. The third-order valence-corrected chi connectivity index (χ3v) is 4.07. The Hall–Kier alpha value is -0.970. The van der Waals surface area contributed by atoms with Gasteiger partial charge in [-0.3, -0.25) is 14.8 Å². The molecular weight excluding hydrogens is 236 g/mol. The lowest BCUT2D eigenvalue weighted by molar-refractivity contribution is 0.0537. The van der Waals surface area contributed by atoms with Crippen LogP contribution in [0.5, 0.6) is 0 Å². The van der Waals surface area contributed by atoms with E-state index in [9.17, 15) is 0 Å². The van der Waals surface area contributed by atoms with Crippen molar-refractivity contribution in [3.63, 3.8) is 0 Å². The number of piperazine rings is 1. The summed E-state index contributed by atoms with van der Waals surface area (Å²) in [4.78, 5) is 9.26. The monoisotopic (exact) mass is 262 g/mol. The van der Waals surface area contributed by atoms with Gasteiger partial charge in [-0.1, -0.05) is 6.07 Å². The Kier molecular flexibility index (Phi) is 4.55. The van der Waals surface area contributed by atoms with E-state index in [0.29, 0.717) is 0 Å². The summed E-state index contributed by atoms with van der Waals surface area (Å²) in [5.74, 6) is 0. The van der Waals surface area contributed by atoms with Crippen LogP contribution in [0.25, 0.3) is 0 Å². The van der Waals surface area contributed by atoms with Gasteiger partial charge in [0.1, 0.15) is 0 Å². The van der Waals surface area contributed by atoms with Crippen LogP contribution in [0.4, 0.5) is 0 Å². The molecule has 1 aromatic heterocycles. The van der Waals surface area contributed by atoms with Crippen LogP contribution in [0.1, 0.15) is 25.0 Å². The molecule has 0 radical (unpaired) electrons. The Bertz CT molecular complexity index is 408. The quantitative estimate of drug-likeness (QED) is 0.887. The summed E-state index contributed by atoms with van der Waals surface area (Å²) in [6.07, 6.45) is 3.88. The van der Waals surface area contributed by atoms with Crippen LogP contribution in [-0.4, -0.2) is 53.0 Å². The van der Waals surface area contributed by atoms with Crippen LogP contribution in [0, 0.1) is 6.92 Å². The SMILES string of the molecule is Cc1cncc(CN2CCN(C(C)(C)CN)CC2)c1. The lowest BCUT2D eigenvalue weighted by Crippen LogP contribution is -2.57. The summed E-state index contributed by atoms with van der Waals surface area (Å²) in [6.45, 7) is 12.7. The van der Waals surface area contributed by atoms with Crippen LogP contribution in [0.2, 0.25) is 0 Å². The van der Waals surface area contributed by atoms with Gasteiger partial charge in [-0.05, 0) is 31.9 Å². The molecule has 1 fully saturated rings. The zero-order valence-corrected chi connectivity index (χ0v) is 12.4. The molecule has 2 rings (SSSR count). The first-order valence-corrected chi connectivity index (χ1v) is 7.09. The first kappa shape index (κ1) is 14.4. The highest BCUT2D eigenvalue weighted by Crippen LogP contribution is 2.16. The third kappa shape index (κ3) is 3.75. The Morgan fingerprint density at radius 1 is 1.21 bits per heavy atom. The van der Waals surface area contributed by atoms with Crippen LogP contribution in [-0.2, 0) is 6.54 Å². The van der Waals surface area contributed by atoms with Crippen LogP contribution in [0.3, 0.4) is 0 Å². The molecule has 4 heteroatoms. The van der Waals surface area contributed by atoms with Gasteiger partial charge in [-0.2, -0.15) is 0 Å². The van der Waals surface area contributed by atoms with Crippen molar-refractivity contribution >= 4 is 0 Å². The van der Waals surface area contributed by atoms with E-state index in [4.69, 9.17) is 5.73 Å². The Morgan fingerprint density at radius 3 is 2.47 bits per heavy atom. The van der Waals surface area contributed by atoms with Gasteiger partial charge < -0.3 is 5.73 Å². The summed E-state index contributed by atoms with van der Waals surface area (Å²) >= 11 is 0. The second kappa shape index (κ2) is 5.99. The second-order valence-electron chi connectivity index (χ2n) is 6.15. The highest BCUT2D eigenvalue weighted by atomic mass is 15.3. The van der Waals surface area contributed by atoms with Gasteiger partial charge in [-0.15, -0.1) is 0 Å². The van der Waals surface area contributed by atoms with E-state index >= 15 is 0 Å². The highest BCUT2D eigenvalue weighted by Gasteiger charge is 2.28. The minimum absolute atomic E-state index is 0.122. The van der Waals surface area contributed by atoms with Crippen molar-refractivity contribution in [2.75, 3.05) is 32.7 Å². The number of hydrogen-bond acceptors (Lipinski definition) is 4. The standard InChI is InChI=1S/C15H26N4/c1-13-8-14(10-17-9-13)11-18-4-6-19(7-5-18)15(2,3)12-16/h8-10H,4-7,11-12,16H2,1-3H3. The maximum absolute atomic E-state index is 5.85. The molecule has 4 nitrogen and oxygen atoms in total. The van der Waals surface area contributed by atoms with Crippen molar-refractivity contribution < 1.29 is 0 Å². The topological polar surface area (TPSA) is 45.4 Å². The lowest BCUT2D eigenvalue weighted by Gasteiger charge is -2.43. The first-order chi connectivity index (χ1) is 9.01. The number of pyridine rings is 1. The molecule has 0 atom stereocenters. The molecule has 0 aromatic carbocycles. The highest BCUT2D eigenvalue weighted by molar-refractivity contribution is 5.16. The predicted molar refractivity (Wildman–Crippen MR) is 79.0 cm³/mol. The van der Waals surface area contributed by atoms with E-state index in [1.807, 2.05) is 12.4 Å². The van der Waals surface area contributed by atoms with Crippen molar-refractivity contribution in [3.05, 3.63) is 29.6 Å². The molecule has 0 spiro atoms. The molecule has 1 aliphatic heterocycles. The fourth-order valence-corrected chi connectivity index (χ4v) is 2.60. The Morgan fingerprint density at radius 2 is 1.89 bits per heavy atom. The normalized spacial score (nSPS) is 18.7. The number of nitrogens with two attached hydrogens (primary N) is 1. The number of hydrogen-bond donors (Lipinski definition) is 1. The van der Waals surface area contributed by atoms with E-state index < -0.39 is 0 Å². The Balaban J connectivity index is 1.87. The van der Waals surface area contributed by atoms with Gasteiger partial charge >= 0.3 is 0 Å². The number of aryl methyl sites for hydroxylation is 1. The molecule has 2 N–H and O–H groups in total. The number of aromatic nitrogens is 1. The molecule has 106 valence electrons. The first-order valence-electron chi connectivity index (χ1n) is 7.09. The molecular formula is C15H26N4. The van der Waals surface area contributed by atoms with Gasteiger partial charge in [0.2, 0.25) is 0 Å². The van der Waals surface area contributed by atoms with Crippen molar-refractivity contribution in [3.8, 4) is 0 Å². The predicted octanol–water partition coefficient (Wildman–Crippen LogP) is 1.24. The van der Waals surface area contributed by atoms with E-state index in [1.54, 1.807) is 0 Å². The zero-order chi connectivity index (χ0) is 13.9. The largest absolute Gasteiger partial charge is 0.329 e. The molecule has 1 aliphatic rings. The molecule has 0 bridgehead atoms. The van der Waals surface area contributed by atoms with E-state index in [-0.39, 0.29) is 5.54 Å². The van der Waals surface area contributed by atoms with Gasteiger partial charge in [0.05, 0.1) is 0 Å². The van der Waals surface area contributed by atoms with Crippen LogP contribution in [0.15, 0.2) is 18.5 Å². The Labute approximate surface area is 116 Å². The molecule has 0 saturated carbocycles. The lowest BCUT2D eigenvalue weighted by atomic mass is 10.0. The van der Waals surface area contributed by atoms with Crippen LogP contribution >= 0.6 is 0 Å². The van der Waals surface area contributed by atoms with E-state index in [0.717, 1.165) is 39.3 Å². The minimum Gasteiger partial charge on any atom is -0.329 e. The average molecular weight is 262 g/mol. The van der Waals surface area contributed by atoms with Gasteiger partial charge in [0.25, 0.3) is 0 Å². The van der Waals surface area contributed by atoms with Gasteiger partial charge in [0.15, 0.2) is 0 Å². The molecule has 19 heavy (non-hydrogen) atoms. The van der Waals surface area contributed by atoms with Crippen molar-refractivity contribution in [1.29, 1.82) is 0 Å². The zero-order valence-electron chi connectivity index (χ0n) is 12.4.